The van der Waals surface area contributed by atoms with Crippen LogP contribution in [0.5, 0.6) is 0 Å². The van der Waals surface area contributed by atoms with Crippen LogP contribution in [0.4, 0.5) is 0 Å². The molecule has 0 unspecified atom stereocenters. The van der Waals surface area contributed by atoms with Gasteiger partial charge in [-0.25, -0.2) is 0 Å². The van der Waals surface area contributed by atoms with Gasteiger partial charge in [0.05, 0.1) is 18.4 Å². The van der Waals surface area contributed by atoms with E-state index >= 15 is 0 Å². The number of amides is 2. The molecule has 6 nitrogen and oxygen atoms in total. The minimum absolute atomic E-state index is 0.0648. The van der Waals surface area contributed by atoms with Gasteiger partial charge in [-0.05, 0) is 13.0 Å². The van der Waals surface area contributed by atoms with Crippen molar-refractivity contribution in [1.82, 2.24) is 10.2 Å². The van der Waals surface area contributed by atoms with Crippen LogP contribution in [-0.4, -0.2) is 47.4 Å². The number of piperidine rings is 1. The molecule has 0 aromatic heterocycles. The summed E-state index contributed by atoms with van der Waals surface area (Å²) < 4.78 is 0. The smallest absolute Gasteiger partial charge is 0.317 e. The highest BCUT2D eigenvalue weighted by Gasteiger charge is 2.44. The maximum Gasteiger partial charge on any atom is 0.317 e. The Morgan fingerprint density at radius 2 is 2.07 bits per heavy atom. The number of imide groups is 1. The zero-order valence-corrected chi connectivity index (χ0v) is 8.10. The number of likely N-dealkylation sites (tertiary alicyclic amines) is 1. The van der Waals surface area contributed by atoms with Gasteiger partial charge >= 0.3 is 5.97 Å². The summed E-state index contributed by atoms with van der Waals surface area (Å²) >= 11 is 0. The molecule has 0 bridgehead atoms. The summed E-state index contributed by atoms with van der Waals surface area (Å²) in [6, 6.07) is 0. The van der Waals surface area contributed by atoms with Crippen molar-refractivity contribution in [3.63, 3.8) is 0 Å². The molecular weight excluding hydrogens is 200 g/mol. The van der Waals surface area contributed by atoms with Gasteiger partial charge in [0, 0.05) is 6.54 Å². The van der Waals surface area contributed by atoms with E-state index < -0.39 is 5.97 Å². The monoisotopic (exact) mass is 212 g/mol. The molecule has 6 heteroatoms. The minimum Gasteiger partial charge on any atom is -0.480 e. The molecule has 2 saturated heterocycles. The molecule has 15 heavy (non-hydrogen) atoms. The van der Waals surface area contributed by atoms with E-state index in [-0.39, 0.29) is 30.2 Å². The molecule has 0 aromatic carbocycles. The number of fused-ring (bicyclic) bond motifs is 1. The third-order valence-electron chi connectivity index (χ3n) is 2.98. The third kappa shape index (κ3) is 1.85. The molecule has 2 fully saturated rings. The van der Waals surface area contributed by atoms with Gasteiger partial charge in [-0.1, -0.05) is 0 Å². The molecule has 2 atom stereocenters. The van der Waals surface area contributed by atoms with Crippen LogP contribution in [-0.2, 0) is 14.4 Å². The van der Waals surface area contributed by atoms with Crippen molar-refractivity contribution in [1.29, 1.82) is 0 Å². The molecular formula is C9H12N2O4. The normalized spacial score (nSPS) is 31.2. The Kier molecular flexibility index (Phi) is 2.44. The number of nitrogens with zero attached hydrogens (tertiary/aromatic N) is 1. The second-order valence-electron chi connectivity index (χ2n) is 3.98. The number of carboxylic acid groups (broad SMARTS) is 1. The average molecular weight is 212 g/mol. The minimum atomic E-state index is -0.904. The molecule has 2 aliphatic rings. The van der Waals surface area contributed by atoms with Crippen molar-refractivity contribution >= 4 is 17.8 Å². The predicted octanol–water partition coefficient (Wildman–Crippen LogP) is -1.33. The number of carboxylic acids is 1. The fourth-order valence-corrected chi connectivity index (χ4v) is 2.24. The van der Waals surface area contributed by atoms with Crippen LogP contribution in [0, 0.1) is 11.8 Å². The van der Waals surface area contributed by atoms with E-state index in [1.807, 2.05) is 0 Å². The Labute approximate surface area is 86.2 Å². The highest BCUT2D eigenvalue weighted by Crippen LogP contribution is 2.28. The molecule has 2 rings (SSSR count). The Hall–Kier alpha value is -1.43. The van der Waals surface area contributed by atoms with E-state index in [4.69, 9.17) is 5.11 Å². The van der Waals surface area contributed by atoms with Crippen LogP contribution in [0.1, 0.15) is 6.42 Å². The summed E-state index contributed by atoms with van der Waals surface area (Å²) in [6.07, 6.45) is 0.565. The maximum absolute atomic E-state index is 11.3. The van der Waals surface area contributed by atoms with E-state index in [9.17, 15) is 14.4 Å². The lowest BCUT2D eigenvalue weighted by Crippen LogP contribution is -2.43. The fraction of sp³-hybridized carbons (Fsp3) is 0.667. The molecule has 0 aromatic rings. The molecule has 2 amide bonds. The SMILES string of the molecule is O=C(O)CN1CC[C@H]2C(=O)NC(=O)[C@H]2C1. The quantitative estimate of drug-likeness (QED) is 0.553. The lowest BCUT2D eigenvalue weighted by Gasteiger charge is -2.30. The Morgan fingerprint density at radius 3 is 2.73 bits per heavy atom. The van der Waals surface area contributed by atoms with E-state index in [1.165, 1.54) is 0 Å². The number of rotatable bonds is 2. The first kappa shape index (κ1) is 10.1. The molecule has 2 N–H and O–H groups in total. The maximum atomic E-state index is 11.3. The second-order valence-corrected chi connectivity index (χ2v) is 3.98. The second kappa shape index (κ2) is 3.62. The zero-order chi connectivity index (χ0) is 11.0. The summed E-state index contributed by atoms with van der Waals surface area (Å²) in [5, 5.41) is 10.9. The van der Waals surface area contributed by atoms with Gasteiger partial charge in [0.15, 0.2) is 0 Å². The van der Waals surface area contributed by atoms with Gasteiger partial charge in [-0.2, -0.15) is 0 Å². The lowest BCUT2D eigenvalue weighted by molar-refractivity contribution is -0.139. The van der Waals surface area contributed by atoms with Crippen LogP contribution in [0.25, 0.3) is 0 Å². The van der Waals surface area contributed by atoms with Crippen molar-refractivity contribution in [2.45, 2.75) is 6.42 Å². The van der Waals surface area contributed by atoms with Crippen LogP contribution in [0.2, 0.25) is 0 Å². The first-order valence-electron chi connectivity index (χ1n) is 4.87. The number of hydrogen-bond donors (Lipinski definition) is 2. The Morgan fingerprint density at radius 1 is 1.40 bits per heavy atom. The highest BCUT2D eigenvalue weighted by molar-refractivity contribution is 6.05. The van der Waals surface area contributed by atoms with Gasteiger partial charge < -0.3 is 5.11 Å². The molecule has 0 radical (unpaired) electrons. The van der Waals surface area contributed by atoms with Gasteiger partial charge in [0.1, 0.15) is 0 Å². The summed E-state index contributed by atoms with van der Waals surface area (Å²) in [5.74, 6) is -1.98. The van der Waals surface area contributed by atoms with E-state index in [2.05, 4.69) is 5.32 Å². The number of carbonyl (C=O) groups is 3. The van der Waals surface area contributed by atoms with E-state index in [0.29, 0.717) is 19.5 Å². The van der Waals surface area contributed by atoms with E-state index in [1.54, 1.807) is 4.90 Å². The fourth-order valence-electron chi connectivity index (χ4n) is 2.24. The van der Waals surface area contributed by atoms with Gasteiger partial charge in [-0.3, -0.25) is 24.6 Å². The van der Waals surface area contributed by atoms with Crippen LogP contribution < -0.4 is 5.32 Å². The predicted molar refractivity (Wildman–Crippen MR) is 48.8 cm³/mol. The highest BCUT2D eigenvalue weighted by atomic mass is 16.4. The van der Waals surface area contributed by atoms with Crippen molar-refractivity contribution < 1.29 is 19.5 Å². The zero-order valence-electron chi connectivity index (χ0n) is 8.10. The summed E-state index contributed by atoms with van der Waals surface area (Å²) in [4.78, 5) is 34.8. The number of nitrogens with one attached hydrogen (secondary N) is 1. The first-order valence-corrected chi connectivity index (χ1v) is 4.87. The molecule has 0 aliphatic carbocycles. The lowest BCUT2D eigenvalue weighted by atomic mass is 9.88. The average Bonchev–Trinajstić information content (AvgIpc) is 2.41. The molecule has 82 valence electrons. The van der Waals surface area contributed by atoms with Gasteiger partial charge in [0.25, 0.3) is 0 Å². The van der Waals surface area contributed by atoms with Gasteiger partial charge in [0.2, 0.25) is 11.8 Å². The van der Waals surface area contributed by atoms with Crippen molar-refractivity contribution in [2.75, 3.05) is 19.6 Å². The van der Waals surface area contributed by atoms with Crippen LogP contribution in [0.15, 0.2) is 0 Å². The third-order valence-corrected chi connectivity index (χ3v) is 2.98. The summed E-state index contributed by atoms with van der Waals surface area (Å²) in [6.45, 7) is 0.868. The standard InChI is InChI=1S/C9H12N2O4/c12-7(13)4-11-2-1-5-6(3-11)9(15)10-8(5)14/h5-6H,1-4H2,(H,12,13)(H,10,14,15)/t5-,6+/m1/s1. The summed E-state index contributed by atoms with van der Waals surface area (Å²) in [7, 11) is 0. The largest absolute Gasteiger partial charge is 0.480 e. The first-order chi connectivity index (χ1) is 7.08. The molecule has 2 heterocycles. The molecule has 0 spiro atoms. The Balaban J connectivity index is 2.02. The van der Waals surface area contributed by atoms with Crippen LogP contribution >= 0.6 is 0 Å². The van der Waals surface area contributed by atoms with E-state index in [0.717, 1.165) is 0 Å². The van der Waals surface area contributed by atoms with Crippen LogP contribution in [0.3, 0.4) is 0 Å². The van der Waals surface area contributed by atoms with Crippen molar-refractivity contribution in [3.05, 3.63) is 0 Å². The number of carbonyl (C=O) groups excluding carboxylic acids is 2. The number of aliphatic carboxylic acids is 1. The van der Waals surface area contributed by atoms with Gasteiger partial charge in [-0.15, -0.1) is 0 Å². The molecule has 2 aliphatic heterocycles. The number of hydrogen-bond acceptors (Lipinski definition) is 4. The molecule has 0 saturated carbocycles. The van der Waals surface area contributed by atoms with Crippen molar-refractivity contribution in [3.8, 4) is 0 Å². The topological polar surface area (TPSA) is 86.7 Å². The Bertz CT molecular complexity index is 328. The van der Waals surface area contributed by atoms with Crippen molar-refractivity contribution in [2.24, 2.45) is 11.8 Å². The summed E-state index contributed by atoms with van der Waals surface area (Å²) in [5.41, 5.74) is 0.